The molecule has 7 heteroatoms. The Kier molecular flexibility index (Phi) is 4.81. The summed E-state index contributed by atoms with van der Waals surface area (Å²) in [7, 11) is 1.63. The van der Waals surface area contributed by atoms with Gasteiger partial charge in [-0.2, -0.15) is 4.98 Å². The minimum atomic E-state index is -0.129. The Labute approximate surface area is 161 Å². The number of nitrogens with zero attached hydrogens (tertiary/aromatic N) is 3. The van der Waals surface area contributed by atoms with Crippen molar-refractivity contribution < 1.29 is 14.1 Å². The molecule has 2 aromatic carbocycles. The first-order chi connectivity index (χ1) is 13.2. The van der Waals surface area contributed by atoms with Crippen LogP contribution in [0.4, 0.5) is 0 Å². The highest BCUT2D eigenvalue weighted by atomic mass is 35.5. The van der Waals surface area contributed by atoms with Gasteiger partial charge in [0.2, 0.25) is 17.6 Å². The smallest absolute Gasteiger partial charge is 0.232 e. The van der Waals surface area contributed by atoms with Crippen LogP contribution in [0.2, 0.25) is 5.02 Å². The van der Waals surface area contributed by atoms with Gasteiger partial charge in [0.15, 0.2) is 0 Å². The van der Waals surface area contributed by atoms with Crippen molar-refractivity contribution in [2.75, 3.05) is 13.7 Å². The predicted octanol–water partition coefficient (Wildman–Crippen LogP) is 3.91. The third-order valence-electron chi connectivity index (χ3n) is 4.67. The molecule has 1 aliphatic rings. The van der Waals surface area contributed by atoms with E-state index in [9.17, 15) is 4.79 Å². The largest absolute Gasteiger partial charge is 0.496 e. The number of hydrogen-bond donors (Lipinski definition) is 0. The number of methoxy groups -OCH3 is 1. The number of rotatable bonds is 5. The van der Waals surface area contributed by atoms with Gasteiger partial charge in [-0.15, -0.1) is 0 Å². The Morgan fingerprint density at radius 1 is 1.22 bits per heavy atom. The molecule has 0 radical (unpaired) electrons. The molecule has 1 unspecified atom stereocenters. The average Bonchev–Trinajstić information content (AvgIpc) is 3.30. The van der Waals surface area contributed by atoms with E-state index in [1.54, 1.807) is 18.1 Å². The van der Waals surface area contributed by atoms with Gasteiger partial charge in [-0.25, -0.2) is 0 Å². The molecule has 0 saturated carbocycles. The summed E-state index contributed by atoms with van der Waals surface area (Å²) >= 11 is 6.20. The van der Waals surface area contributed by atoms with Crippen molar-refractivity contribution in [1.29, 1.82) is 0 Å². The maximum absolute atomic E-state index is 12.5. The van der Waals surface area contributed by atoms with Crippen molar-refractivity contribution >= 4 is 17.5 Å². The molecule has 0 N–H and O–H groups in total. The van der Waals surface area contributed by atoms with Crippen LogP contribution in [0, 0.1) is 0 Å². The molecule has 1 aromatic heterocycles. The molecule has 1 saturated heterocycles. The van der Waals surface area contributed by atoms with E-state index < -0.39 is 0 Å². The molecule has 3 aromatic rings. The van der Waals surface area contributed by atoms with Crippen LogP contribution in [0.5, 0.6) is 5.75 Å². The number of aromatic nitrogens is 2. The number of carbonyl (C=O) groups is 1. The molecule has 1 amide bonds. The highest BCUT2D eigenvalue weighted by molar-refractivity contribution is 6.33. The maximum atomic E-state index is 12.5. The average molecular weight is 384 g/mol. The molecule has 0 aliphatic carbocycles. The molecule has 6 nitrogen and oxygen atoms in total. The van der Waals surface area contributed by atoms with Crippen LogP contribution >= 0.6 is 11.6 Å². The van der Waals surface area contributed by atoms with Gasteiger partial charge in [0.1, 0.15) is 5.75 Å². The van der Waals surface area contributed by atoms with Gasteiger partial charge >= 0.3 is 0 Å². The van der Waals surface area contributed by atoms with E-state index in [4.69, 9.17) is 20.9 Å². The first kappa shape index (κ1) is 17.5. The van der Waals surface area contributed by atoms with Crippen molar-refractivity contribution in [3.63, 3.8) is 0 Å². The number of benzene rings is 2. The number of amides is 1. The van der Waals surface area contributed by atoms with Gasteiger partial charge < -0.3 is 14.2 Å². The number of ether oxygens (including phenoxy) is 1. The fraction of sp³-hybridized carbons (Fsp3) is 0.250. The lowest BCUT2D eigenvalue weighted by Gasteiger charge is -2.17. The zero-order valence-electron chi connectivity index (χ0n) is 14.8. The summed E-state index contributed by atoms with van der Waals surface area (Å²) in [4.78, 5) is 18.7. The van der Waals surface area contributed by atoms with Crippen molar-refractivity contribution in [3.05, 3.63) is 65.0 Å². The molecule has 1 aliphatic heterocycles. The molecule has 138 valence electrons. The molecule has 1 fully saturated rings. The minimum absolute atomic E-state index is 0.0587. The Morgan fingerprint density at radius 3 is 2.81 bits per heavy atom. The van der Waals surface area contributed by atoms with Crippen molar-refractivity contribution in [3.8, 4) is 17.1 Å². The van der Waals surface area contributed by atoms with E-state index in [-0.39, 0.29) is 11.8 Å². The summed E-state index contributed by atoms with van der Waals surface area (Å²) in [5, 5.41) is 4.59. The molecule has 0 bridgehead atoms. The maximum Gasteiger partial charge on any atom is 0.232 e. The summed E-state index contributed by atoms with van der Waals surface area (Å²) < 4.78 is 10.8. The van der Waals surface area contributed by atoms with Crippen LogP contribution in [0.1, 0.15) is 23.8 Å². The lowest BCUT2D eigenvalue weighted by atomic mass is 10.1. The van der Waals surface area contributed by atoms with Gasteiger partial charge in [-0.3, -0.25) is 4.79 Å². The second-order valence-corrected chi connectivity index (χ2v) is 6.83. The van der Waals surface area contributed by atoms with Crippen molar-refractivity contribution in [1.82, 2.24) is 15.0 Å². The summed E-state index contributed by atoms with van der Waals surface area (Å²) in [6.07, 6.45) is 0.347. The Morgan fingerprint density at radius 2 is 2.00 bits per heavy atom. The SMILES string of the molecule is COc1ccccc1CN1CC(c2nc(-c3ccccc3Cl)no2)CC1=O. The number of likely N-dealkylation sites (tertiary alicyclic amines) is 1. The van der Waals surface area contributed by atoms with E-state index in [0.29, 0.717) is 41.8 Å². The fourth-order valence-electron chi connectivity index (χ4n) is 3.28. The van der Waals surface area contributed by atoms with Crippen LogP contribution in [-0.4, -0.2) is 34.6 Å². The van der Waals surface area contributed by atoms with Crippen LogP contribution in [0.15, 0.2) is 53.1 Å². The van der Waals surface area contributed by atoms with E-state index in [2.05, 4.69) is 10.1 Å². The lowest BCUT2D eigenvalue weighted by Crippen LogP contribution is -2.24. The summed E-state index contributed by atoms with van der Waals surface area (Å²) in [5.74, 6) is 1.60. The van der Waals surface area contributed by atoms with E-state index in [1.807, 2.05) is 42.5 Å². The monoisotopic (exact) mass is 383 g/mol. The number of para-hydroxylation sites is 1. The lowest BCUT2D eigenvalue weighted by molar-refractivity contribution is -0.128. The second kappa shape index (κ2) is 7.40. The van der Waals surface area contributed by atoms with E-state index in [1.165, 1.54) is 0 Å². The van der Waals surface area contributed by atoms with Crippen molar-refractivity contribution in [2.45, 2.75) is 18.9 Å². The van der Waals surface area contributed by atoms with Crippen LogP contribution in [-0.2, 0) is 11.3 Å². The Hall–Kier alpha value is -2.86. The van der Waals surface area contributed by atoms with Gasteiger partial charge in [0.05, 0.1) is 18.1 Å². The highest BCUT2D eigenvalue weighted by Gasteiger charge is 2.34. The Balaban J connectivity index is 1.51. The number of halogens is 1. The fourth-order valence-corrected chi connectivity index (χ4v) is 3.50. The van der Waals surface area contributed by atoms with Gasteiger partial charge in [0.25, 0.3) is 0 Å². The quantitative estimate of drug-likeness (QED) is 0.668. The normalized spacial score (nSPS) is 16.7. The van der Waals surface area contributed by atoms with Crippen LogP contribution in [0.25, 0.3) is 11.4 Å². The number of carbonyl (C=O) groups excluding carboxylic acids is 1. The van der Waals surface area contributed by atoms with E-state index in [0.717, 1.165) is 11.3 Å². The molecular formula is C20H18ClN3O3. The molecule has 2 heterocycles. The zero-order chi connectivity index (χ0) is 18.8. The molecule has 0 spiro atoms. The third-order valence-corrected chi connectivity index (χ3v) is 5.00. The molecule has 1 atom stereocenters. The molecule has 4 rings (SSSR count). The Bertz CT molecular complexity index is 972. The summed E-state index contributed by atoms with van der Waals surface area (Å²) in [6, 6.07) is 15.0. The first-order valence-electron chi connectivity index (χ1n) is 8.64. The van der Waals surface area contributed by atoms with Crippen LogP contribution < -0.4 is 4.74 Å². The zero-order valence-corrected chi connectivity index (χ0v) is 15.5. The third kappa shape index (κ3) is 3.53. The molecule has 27 heavy (non-hydrogen) atoms. The summed E-state index contributed by atoms with van der Waals surface area (Å²) in [5.41, 5.74) is 1.68. The first-order valence-corrected chi connectivity index (χ1v) is 9.01. The topological polar surface area (TPSA) is 68.5 Å². The standard InChI is InChI=1S/C20H18ClN3O3/c1-26-17-9-5-2-6-13(17)11-24-12-14(10-18(24)25)20-22-19(23-27-20)15-7-3-4-8-16(15)21/h2-9,14H,10-12H2,1H3. The van der Waals surface area contributed by atoms with Gasteiger partial charge in [-0.05, 0) is 18.2 Å². The minimum Gasteiger partial charge on any atom is -0.496 e. The summed E-state index contributed by atoms with van der Waals surface area (Å²) in [6.45, 7) is 1.02. The van der Waals surface area contributed by atoms with Gasteiger partial charge in [0, 0.05) is 30.6 Å². The van der Waals surface area contributed by atoms with Crippen molar-refractivity contribution in [2.24, 2.45) is 0 Å². The van der Waals surface area contributed by atoms with Crippen LogP contribution in [0.3, 0.4) is 0 Å². The highest BCUT2D eigenvalue weighted by Crippen LogP contribution is 2.32. The van der Waals surface area contributed by atoms with Gasteiger partial charge in [-0.1, -0.05) is 47.1 Å². The second-order valence-electron chi connectivity index (χ2n) is 6.42. The molecular weight excluding hydrogens is 366 g/mol. The predicted molar refractivity (Wildman–Crippen MR) is 101 cm³/mol. The van der Waals surface area contributed by atoms with E-state index >= 15 is 0 Å². The number of hydrogen-bond acceptors (Lipinski definition) is 5.